The fourth-order valence-electron chi connectivity index (χ4n) is 2.03. The zero-order valence-electron chi connectivity index (χ0n) is 14.0. The van der Waals surface area contributed by atoms with Crippen molar-refractivity contribution in [2.75, 3.05) is 20.3 Å². The van der Waals surface area contributed by atoms with E-state index in [0.29, 0.717) is 11.7 Å². The van der Waals surface area contributed by atoms with Crippen LogP contribution in [-0.4, -0.2) is 32.0 Å². The van der Waals surface area contributed by atoms with Crippen molar-refractivity contribution in [3.05, 3.63) is 0 Å². The number of hydrogen-bond acceptors (Lipinski definition) is 3. The average Bonchev–Trinajstić information content (AvgIpc) is 2.47. The van der Waals surface area contributed by atoms with Crippen LogP contribution in [0.5, 0.6) is 0 Å². The number of carbonyl (C=O) groups is 1. The average molecular weight is 307 g/mol. The maximum Gasteiger partial charge on any atom is 0.173 e. The number of methoxy groups -OCH3 is 1. The normalized spacial score (nSPS) is 15.5. The van der Waals surface area contributed by atoms with E-state index in [2.05, 4.69) is 26.5 Å². The molecular weight excluding hydrogens is 272 g/mol. The Kier molecular flexibility index (Phi) is 17.0. The lowest BCUT2D eigenvalue weighted by Gasteiger charge is -2.29. The third-order valence-corrected chi connectivity index (χ3v) is 3.24. The van der Waals surface area contributed by atoms with Gasteiger partial charge in [-0.15, -0.1) is 12.6 Å². The maximum absolute atomic E-state index is 8.67. The van der Waals surface area contributed by atoms with Crippen LogP contribution in [0.3, 0.4) is 0 Å². The lowest BCUT2D eigenvalue weighted by atomic mass is 9.90. The zero-order chi connectivity index (χ0) is 15.9. The van der Waals surface area contributed by atoms with Crippen LogP contribution in [0.4, 0.5) is 0 Å². The summed E-state index contributed by atoms with van der Waals surface area (Å²) >= 11 is 3.11. The molecule has 122 valence electrons. The molecule has 0 radical (unpaired) electrons. The summed E-state index contributed by atoms with van der Waals surface area (Å²) in [6.45, 7) is 10.2. The summed E-state index contributed by atoms with van der Waals surface area (Å²) in [7, 11) is 1.76. The summed E-state index contributed by atoms with van der Waals surface area (Å²) in [4.78, 5) is 8.67. The van der Waals surface area contributed by atoms with Gasteiger partial charge in [-0.2, -0.15) is 0 Å². The lowest BCUT2D eigenvalue weighted by Crippen LogP contribution is -2.26. The third kappa shape index (κ3) is 14.4. The van der Waals surface area contributed by atoms with Gasteiger partial charge in [0.2, 0.25) is 0 Å². The van der Waals surface area contributed by atoms with Crippen LogP contribution in [0, 0.1) is 5.41 Å². The Morgan fingerprint density at radius 2 is 1.70 bits per heavy atom. The van der Waals surface area contributed by atoms with E-state index in [-0.39, 0.29) is 5.41 Å². The van der Waals surface area contributed by atoms with Crippen molar-refractivity contribution in [3.8, 4) is 0 Å². The van der Waals surface area contributed by atoms with Gasteiger partial charge in [0.15, 0.2) is 5.62 Å². The van der Waals surface area contributed by atoms with E-state index < -0.39 is 0 Å². The van der Waals surface area contributed by atoms with E-state index in [9.17, 15) is 0 Å². The van der Waals surface area contributed by atoms with Crippen LogP contribution < -0.4 is 0 Å². The molecule has 0 bridgehead atoms. The maximum atomic E-state index is 8.67. The van der Waals surface area contributed by atoms with Crippen molar-refractivity contribution in [2.24, 2.45) is 5.41 Å². The Bertz CT molecular complexity index is 202. The highest BCUT2D eigenvalue weighted by molar-refractivity contribution is 7.94. The van der Waals surface area contributed by atoms with Gasteiger partial charge in [0.25, 0.3) is 0 Å². The van der Waals surface area contributed by atoms with Crippen molar-refractivity contribution >= 4 is 18.2 Å². The van der Waals surface area contributed by atoms with Gasteiger partial charge in [-0.1, -0.05) is 47.0 Å². The molecule has 1 aliphatic rings. The van der Waals surface area contributed by atoms with Crippen molar-refractivity contribution in [3.63, 3.8) is 0 Å². The molecule has 0 unspecified atom stereocenters. The van der Waals surface area contributed by atoms with Crippen molar-refractivity contribution in [2.45, 2.75) is 72.3 Å². The van der Waals surface area contributed by atoms with Crippen LogP contribution >= 0.6 is 12.6 Å². The Morgan fingerprint density at radius 3 is 2.15 bits per heavy atom. The molecule has 0 N–H and O–H groups in total. The minimum absolute atomic E-state index is 0.257. The molecule has 0 saturated heterocycles. The summed E-state index contributed by atoms with van der Waals surface area (Å²) in [6, 6.07) is 0. The Balaban J connectivity index is 0. The zero-order valence-corrected chi connectivity index (χ0v) is 14.9. The van der Waals surface area contributed by atoms with E-state index >= 15 is 0 Å². The molecule has 0 spiro atoms. The minimum Gasteiger partial charge on any atom is -0.385 e. The second-order valence-electron chi connectivity index (χ2n) is 5.58. The van der Waals surface area contributed by atoms with Gasteiger partial charge >= 0.3 is 0 Å². The molecule has 4 heteroatoms. The summed E-state index contributed by atoms with van der Waals surface area (Å²) in [6.07, 6.45) is 8.23. The molecule has 20 heavy (non-hydrogen) atoms. The van der Waals surface area contributed by atoms with Gasteiger partial charge in [-0.3, -0.25) is 4.79 Å². The largest absolute Gasteiger partial charge is 0.385 e. The van der Waals surface area contributed by atoms with Crippen molar-refractivity contribution < 1.29 is 14.3 Å². The molecule has 1 saturated carbocycles. The quantitative estimate of drug-likeness (QED) is 0.578. The van der Waals surface area contributed by atoms with Gasteiger partial charge in [0.05, 0.1) is 12.7 Å². The molecule has 0 amide bonds. The molecule has 1 fully saturated rings. The molecule has 0 atom stereocenters. The summed E-state index contributed by atoms with van der Waals surface area (Å²) in [5.74, 6) is 0. The van der Waals surface area contributed by atoms with Gasteiger partial charge in [0, 0.05) is 13.7 Å². The van der Waals surface area contributed by atoms with Crippen molar-refractivity contribution in [1.29, 1.82) is 0 Å². The van der Waals surface area contributed by atoms with Gasteiger partial charge in [0.1, 0.15) is 0 Å². The Hall–Kier alpha value is -0.0600. The second kappa shape index (κ2) is 15.3. The topological polar surface area (TPSA) is 35.5 Å². The molecule has 1 rings (SSSR count). The molecule has 0 aromatic rings. The van der Waals surface area contributed by atoms with Crippen molar-refractivity contribution in [1.82, 2.24) is 0 Å². The molecule has 3 nitrogen and oxygen atoms in total. The van der Waals surface area contributed by atoms with Gasteiger partial charge < -0.3 is 9.47 Å². The highest BCUT2D eigenvalue weighted by Gasteiger charge is 2.21. The monoisotopic (exact) mass is 306 g/mol. The number of ether oxygens (including phenoxy) is 2. The SMILES string of the molecule is CC.COCCC(C)(C)COC1CCCCC1.O=CS. The first-order valence-corrected chi connectivity index (χ1v) is 8.26. The highest BCUT2D eigenvalue weighted by atomic mass is 32.1. The molecule has 1 aliphatic carbocycles. The van der Waals surface area contributed by atoms with E-state index in [4.69, 9.17) is 14.3 Å². The van der Waals surface area contributed by atoms with Crippen LogP contribution in [0.25, 0.3) is 0 Å². The number of hydrogen-bond donors (Lipinski definition) is 1. The fraction of sp³-hybridized carbons (Fsp3) is 0.938. The molecular formula is C16H34O3S. The third-order valence-electron chi connectivity index (χ3n) is 3.24. The Morgan fingerprint density at radius 1 is 1.20 bits per heavy atom. The first-order valence-electron chi connectivity index (χ1n) is 7.74. The van der Waals surface area contributed by atoms with Crippen LogP contribution in [0.15, 0.2) is 0 Å². The predicted molar refractivity (Wildman–Crippen MR) is 90.2 cm³/mol. The first kappa shape index (κ1) is 22.2. The fourth-order valence-corrected chi connectivity index (χ4v) is 2.03. The van der Waals surface area contributed by atoms with Gasteiger partial charge in [-0.05, 0) is 24.7 Å². The van der Waals surface area contributed by atoms with E-state index in [0.717, 1.165) is 19.6 Å². The Labute approximate surface area is 131 Å². The number of carbonyl (C=O) groups excluding carboxylic acids is 1. The summed E-state index contributed by atoms with van der Waals surface area (Å²) in [5.41, 5.74) is 0.702. The molecule has 0 aromatic carbocycles. The lowest BCUT2D eigenvalue weighted by molar-refractivity contribution is -0.0230. The van der Waals surface area contributed by atoms with Crippen LogP contribution in [0.1, 0.15) is 66.2 Å². The second-order valence-corrected chi connectivity index (χ2v) is 5.79. The van der Waals surface area contributed by atoms with E-state index in [1.165, 1.54) is 32.1 Å². The highest BCUT2D eigenvalue weighted by Crippen LogP contribution is 2.25. The smallest absolute Gasteiger partial charge is 0.173 e. The molecule has 0 aromatic heterocycles. The first-order chi connectivity index (χ1) is 9.55. The minimum atomic E-state index is 0.257. The van der Waals surface area contributed by atoms with E-state index in [1.807, 2.05) is 13.8 Å². The molecule has 0 aliphatic heterocycles. The van der Waals surface area contributed by atoms with Crippen LogP contribution in [-0.2, 0) is 14.3 Å². The van der Waals surface area contributed by atoms with Gasteiger partial charge in [-0.25, -0.2) is 0 Å². The number of rotatable bonds is 6. The summed E-state index contributed by atoms with van der Waals surface area (Å²) < 4.78 is 11.1. The standard InChI is InChI=1S/C13H26O2.C2H6.CH2OS/c1-13(2,9-10-14-3)11-15-12-7-5-4-6-8-12;1-2;2-1-3/h12H,4-11H2,1-3H3;1-2H3;1H,(H,2,3). The number of thiol groups is 1. The predicted octanol–water partition coefficient (Wildman–Crippen LogP) is 4.53. The summed E-state index contributed by atoms with van der Waals surface area (Å²) in [5, 5.41) is 0. The molecule has 0 heterocycles. The van der Waals surface area contributed by atoms with E-state index in [1.54, 1.807) is 7.11 Å². The van der Waals surface area contributed by atoms with Crippen LogP contribution in [0.2, 0.25) is 0 Å².